The minimum absolute atomic E-state index is 0.547. The highest BCUT2D eigenvalue weighted by Gasteiger charge is 2.12. The number of rotatable bonds is 8. The number of pyridine rings is 1. The van der Waals surface area contributed by atoms with Gasteiger partial charge >= 0.3 is 0 Å². The number of hydrogen-bond donors (Lipinski definition) is 2. The van der Waals surface area contributed by atoms with Crippen LogP contribution in [0.25, 0.3) is 5.65 Å². The molecule has 26 heavy (non-hydrogen) atoms. The van der Waals surface area contributed by atoms with Gasteiger partial charge in [-0.3, -0.25) is 9.89 Å². The summed E-state index contributed by atoms with van der Waals surface area (Å²) in [6.45, 7) is 13.7. The molecule has 0 saturated carbocycles. The lowest BCUT2D eigenvalue weighted by atomic mass is 10.2. The molecule has 0 aliphatic heterocycles. The first-order valence-electron chi connectivity index (χ1n) is 9.55. The average molecular weight is 359 g/mol. The van der Waals surface area contributed by atoms with E-state index in [1.807, 2.05) is 13.2 Å². The van der Waals surface area contributed by atoms with Crippen LogP contribution in [-0.2, 0) is 6.42 Å². The Labute approximate surface area is 157 Å². The Morgan fingerprint density at radius 1 is 1.19 bits per heavy atom. The van der Waals surface area contributed by atoms with Gasteiger partial charge in [0.05, 0.1) is 5.69 Å². The molecule has 0 spiro atoms. The van der Waals surface area contributed by atoms with E-state index in [-0.39, 0.29) is 0 Å². The van der Waals surface area contributed by atoms with Crippen LogP contribution in [0.15, 0.2) is 29.5 Å². The van der Waals surface area contributed by atoms with Crippen LogP contribution in [0.1, 0.15) is 39.0 Å². The van der Waals surface area contributed by atoms with Crippen molar-refractivity contribution in [3.05, 3.63) is 35.8 Å². The summed E-state index contributed by atoms with van der Waals surface area (Å²) in [5, 5.41) is 6.78. The molecular formula is C20H34N6. The van der Waals surface area contributed by atoms with Gasteiger partial charge in [0, 0.05) is 57.6 Å². The Morgan fingerprint density at radius 3 is 2.50 bits per heavy atom. The summed E-state index contributed by atoms with van der Waals surface area (Å²) in [6.07, 6.45) is 5.01. The highest BCUT2D eigenvalue weighted by molar-refractivity contribution is 5.79. The molecule has 0 amide bonds. The molecule has 0 unspecified atom stereocenters. The summed E-state index contributed by atoms with van der Waals surface area (Å²) in [5.74, 6) is 0.845. The van der Waals surface area contributed by atoms with E-state index in [1.54, 1.807) is 0 Å². The van der Waals surface area contributed by atoms with Crippen molar-refractivity contribution in [1.29, 1.82) is 0 Å². The Balaban J connectivity index is 1.78. The van der Waals surface area contributed by atoms with Crippen molar-refractivity contribution >= 4 is 11.6 Å². The molecule has 0 atom stereocenters. The molecule has 2 aromatic heterocycles. The quantitative estimate of drug-likeness (QED) is 0.562. The van der Waals surface area contributed by atoms with Gasteiger partial charge in [-0.25, -0.2) is 4.98 Å². The molecular weight excluding hydrogens is 324 g/mol. The van der Waals surface area contributed by atoms with E-state index in [0.29, 0.717) is 12.1 Å². The first-order chi connectivity index (χ1) is 12.4. The van der Waals surface area contributed by atoms with E-state index in [2.05, 4.69) is 77.9 Å². The van der Waals surface area contributed by atoms with Gasteiger partial charge in [0.1, 0.15) is 5.65 Å². The van der Waals surface area contributed by atoms with Crippen LogP contribution in [0.5, 0.6) is 0 Å². The van der Waals surface area contributed by atoms with E-state index in [4.69, 9.17) is 4.98 Å². The second-order valence-electron chi connectivity index (χ2n) is 7.26. The predicted molar refractivity (Wildman–Crippen MR) is 110 cm³/mol. The predicted octanol–water partition coefficient (Wildman–Crippen LogP) is 2.47. The highest BCUT2D eigenvalue weighted by atomic mass is 15.2. The number of hydrogen-bond acceptors (Lipinski definition) is 3. The van der Waals surface area contributed by atoms with Crippen LogP contribution in [0.2, 0.25) is 0 Å². The Morgan fingerprint density at radius 2 is 1.88 bits per heavy atom. The van der Waals surface area contributed by atoms with Gasteiger partial charge < -0.3 is 15.0 Å². The van der Waals surface area contributed by atoms with Crippen molar-refractivity contribution < 1.29 is 0 Å². The van der Waals surface area contributed by atoms with E-state index in [0.717, 1.165) is 43.4 Å². The van der Waals surface area contributed by atoms with Gasteiger partial charge in [-0.15, -0.1) is 0 Å². The zero-order valence-electron chi connectivity index (χ0n) is 17.1. The standard InChI is InChI=1S/C20H34N6/c1-15(2)26(16(3)4)13-11-23-20(21-6)22-10-9-18-14-25-12-7-8-17(5)19(25)24-18/h7-8,12,14-16H,9-11,13H2,1-6H3,(H2,21,22,23). The zero-order valence-corrected chi connectivity index (χ0v) is 17.1. The fourth-order valence-electron chi connectivity index (χ4n) is 3.27. The largest absolute Gasteiger partial charge is 0.356 e. The third kappa shape index (κ3) is 5.46. The summed E-state index contributed by atoms with van der Waals surface area (Å²) in [4.78, 5) is 11.5. The lowest BCUT2D eigenvalue weighted by Crippen LogP contribution is -2.45. The van der Waals surface area contributed by atoms with E-state index < -0.39 is 0 Å². The third-order valence-corrected chi connectivity index (χ3v) is 4.61. The summed E-state index contributed by atoms with van der Waals surface area (Å²) >= 11 is 0. The SMILES string of the molecule is CN=C(NCCc1cn2cccc(C)c2n1)NCCN(C(C)C)C(C)C. The number of aryl methyl sites for hydroxylation is 1. The minimum Gasteiger partial charge on any atom is -0.356 e. The average Bonchev–Trinajstić information content (AvgIpc) is 3.00. The molecule has 2 rings (SSSR count). The van der Waals surface area contributed by atoms with Crippen LogP contribution in [-0.4, -0.2) is 59.0 Å². The highest BCUT2D eigenvalue weighted by Crippen LogP contribution is 2.10. The van der Waals surface area contributed by atoms with Crippen LogP contribution in [0.4, 0.5) is 0 Å². The molecule has 0 fully saturated rings. The maximum Gasteiger partial charge on any atom is 0.191 e. The molecule has 6 nitrogen and oxygen atoms in total. The van der Waals surface area contributed by atoms with Crippen molar-refractivity contribution in [2.45, 2.75) is 53.1 Å². The van der Waals surface area contributed by atoms with Gasteiger partial charge in [-0.1, -0.05) is 6.07 Å². The van der Waals surface area contributed by atoms with Gasteiger partial charge in [0.25, 0.3) is 0 Å². The molecule has 0 saturated heterocycles. The molecule has 2 aromatic rings. The molecule has 0 bridgehead atoms. The fourth-order valence-corrected chi connectivity index (χ4v) is 3.27. The summed E-state index contributed by atoms with van der Waals surface area (Å²) in [5.41, 5.74) is 3.32. The number of fused-ring (bicyclic) bond motifs is 1. The van der Waals surface area contributed by atoms with Gasteiger partial charge in [-0.05, 0) is 46.2 Å². The summed E-state index contributed by atoms with van der Waals surface area (Å²) in [6, 6.07) is 5.24. The van der Waals surface area contributed by atoms with Crippen molar-refractivity contribution in [3.63, 3.8) is 0 Å². The first-order valence-corrected chi connectivity index (χ1v) is 9.55. The number of nitrogens with one attached hydrogen (secondary N) is 2. The minimum atomic E-state index is 0.547. The fraction of sp³-hybridized carbons (Fsp3) is 0.600. The maximum absolute atomic E-state index is 4.72. The van der Waals surface area contributed by atoms with Crippen LogP contribution in [0.3, 0.4) is 0 Å². The van der Waals surface area contributed by atoms with Crippen molar-refractivity contribution in [2.75, 3.05) is 26.7 Å². The van der Waals surface area contributed by atoms with E-state index in [1.165, 1.54) is 5.56 Å². The monoisotopic (exact) mass is 358 g/mol. The van der Waals surface area contributed by atoms with E-state index in [9.17, 15) is 0 Å². The molecule has 2 heterocycles. The number of aromatic nitrogens is 2. The zero-order chi connectivity index (χ0) is 19.1. The smallest absolute Gasteiger partial charge is 0.191 e. The Kier molecular flexibility index (Phi) is 7.45. The van der Waals surface area contributed by atoms with E-state index >= 15 is 0 Å². The van der Waals surface area contributed by atoms with Crippen molar-refractivity contribution in [3.8, 4) is 0 Å². The van der Waals surface area contributed by atoms with Gasteiger partial charge in [0.15, 0.2) is 5.96 Å². The normalized spacial score (nSPS) is 12.6. The number of guanidine groups is 1. The van der Waals surface area contributed by atoms with Gasteiger partial charge in [-0.2, -0.15) is 0 Å². The Hall–Kier alpha value is -2.08. The number of nitrogens with zero attached hydrogens (tertiary/aromatic N) is 4. The number of aliphatic imine (C=N–C) groups is 1. The molecule has 0 aromatic carbocycles. The topological polar surface area (TPSA) is 57.0 Å². The third-order valence-electron chi connectivity index (χ3n) is 4.61. The second-order valence-corrected chi connectivity index (χ2v) is 7.26. The van der Waals surface area contributed by atoms with Crippen LogP contribution in [0, 0.1) is 6.92 Å². The maximum atomic E-state index is 4.72. The lowest BCUT2D eigenvalue weighted by molar-refractivity contribution is 0.178. The number of imidazole rings is 1. The first kappa shape index (κ1) is 20.2. The summed E-state index contributed by atoms with van der Waals surface area (Å²) in [7, 11) is 1.81. The van der Waals surface area contributed by atoms with Crippen LogP contribution < -0.4 is 10.6 Å². The van der Waals surface area contributed by atoms with Gasteiger partial charge in [0.2, 0.25) is 0 Å². The van der Waals surface area contributed by atoms with Crippen molar-refractivity contribution in [2.24, 2.45) is 4.99 Å². The molecule has 0 aliphatic rings. The second kappa shape index (κ2) is 9.57. The molecule has 144 valence electrons. The molecule has 2 N–H and O–H groups in total. The molecule has 0 radical (unpaired) electrons. The van der Waals surface area contributed by atoms with Crippen molar-refractivity contribution in [1.82, 2.24) is 24.9 Å². The molecule has 6 heteroatoms. The summed E-state index contributed by atoms with van der Waals surface area (Å²) < 4.78 is 2.09. The van der Waals surface area contributed by atoms with Crippen LogP contribution >= 0.6 is 0 Å². The molecule has 0 aliphatic carbocycles. The lowest BCUT2D eigenvalue weighted by Gasteiger charge is -2.30. The Bertz CT molecular complexity index is 708.